The van der Waals surface area contributed by atoms with Crippen molar-refractivity contribution in [2.24, 2.45) is 0 Å². The molecular weight excluding hydrogens is 1000 g/mol. The second kappa shape index (κ2) is 22.5. The van der Waals surface area contributed by atoms with Gasteiger partial charge in [-0.05, 0) is 67.0 Å². The maximum absolute atomic E-state index is 15.4. The summed E-state index contributed by atoms with van der Waals surface area (Å²) in [6.07, 6.45) is 0.738. The number of cyclic esters (lactones) is 1. The van der Waals surface area contributed by atoms with Crippen molar-refractivity contribution >= 4 is 52.3 Å². The van der Waals surface area contributed by atoms with E-state index < -0.39 is 103 Å². The fraction of sp³-hybridized carbons (Fsp3) is 0.340. The minimum atomic E-state index is -2.05. The molecule has 3 aromatic carbocycles. The van der Waals surface area contributed by atoms with E-state index >= 15 is 4.39 Å². The molecule has 24 heteroatoms. The second-order valence-electron chi connectivity index (χ2n) is 18.8. The number of carbonyl (C=O) groups is 7. The maximum atomic E-state index is 15.4. The van der Waals surface area contributed by atoms with Gasteiger partial charge in [0.1, 0.15) is 31.8 Å². The quantitative estimate of drug-likeness (QED) is 0.0331. The first kappa shape index (κ1) is 52.9. The number of esters is 1. The number of fused-ring (bicyclic) bond motifs is 5. The van der Waals surface area contributed by atoms with Crippen LogP contribution < -0.4 is 37.5 Å². The summed E-state index contributed by atoms with van der Waals surface area (Å²) in [5.41, 5.74) is 3.20. The van der Waals surface area contributed by atoms with Gasteiger partial charge in [-0.2, -0.15) is 0 Å². The molecule has 2 aliphatic heterocycles. The second-order valence-corrected chi connectivity index (χ2v) is 18.8. The molecule has 6 aromatic rings. The number of nitrogens with one attached hydrogen (secondary N) is 6. The van der Waals surface area contributed by atoms with Crippen LogP contribution in [-0.4, -0.2) is 115 Å². The molecule has 0 saturated heterocycles. The normalized spacial score (nSPS) is 16.2. The summed E-state index contributed by atoms with van der Waals surface area (Å²) >= 11 is 0. The third-order valence-corrected chi connectivity index (χ3v) is 13.7. The number of aromatic nitrogens is 6. The average molecular weight is 1050 g/mol. The predicted octanol–water partition coefficient (Wildman–Crippen LogP) is 0.595. The van der Waals surface area contributed by atoms with Crippen LogP contribution in [-0.2, 0) is 81.1 Å². The van der Waals surface area contributed by atoms with Crippen LogP contribution in [0.15, 0.2) is 71.5 Å². The van der Waals surface area contributed by atoms with Crippen LogP contribution in [0.3, 0.4) is 0 Å². The highest BCUT2D eigenvalue weighted by Gasteiger charge is 2.46. The molecule has 0 spiro atoms. The van der Waals surface area contributed by atoms with E-state index in [0.717, 1.165) is 5.56 Å². The molecular formula is C53H53FN12O11. The summed E-state index contributed by atoms with van der Waals surface area (Å²) in [5, 5.41) is 43.2. The standard InChI is InChI=1S/C53H53FN12O11/c1-4-53(75)35-18-40-48-33(23-66(40)51(73)34(35)24-77-52(53)74)47-37(15-14-32-27(2)36(54)19-38(61-48)46(32)47)59-45(71)25-76-26-58-43(69)21-57-50(72)39(16-29-8-6-5-7-9-29)60-44(70)22-56-42(68)20-55-41(67)17-30-10-12-31(13-11-30)49-64-62-28(3)63-65-49/h5-13,18-19,37,39,75H,4,14-17,20-26H2,1-3H3,(H,55,67)(H,56,68)(H,57,72)(H,58,69)(H,59,71)(H,60,70)/t37-,39-,53-/m0/s1. The lowest BCUT2D eigenvalue weighted by molar-refractivity contribution is -0.172. The van der Waals surface area contributed by atoms with Crippen molar-refractivity contribution in [3.05, 3.63) is 133 Å². The summed E-state index contributed by atoms with van der Waals surface area (Å²) in [5.74, 6) is -4.30. The number of halogens is 1. The van der Waals surface area contributed by atoms with Crippen molar-refractivity contribution in [3.8, 4) is 22.8 Å². The number of hydrogen-bond donors (Lipinski definition) is 7. The van der Waals surface area contributed by atoms with Gasteiger partial charge < -0.3 is 51.0 Å². The summed E-state index contributed by atoms with van der Waals surface area (Å²) < 4.78 is 27.6. The lowest BCUT2D eigenvalue weighted by atomic mass is 9.81. The molecule has 0 radical (unpaired) electrons. The van der Waals surface area contributed by atoms with Gasteiger partial charge in [0, 0.05) is 34.6 Å². The zero-order valence-electron chi connectivity index (χ0n) is 42.1. The van der Waals surface area contributed by atoms with Gasteiger partial charge in [0.15, 0.2) is 11.4 Å². The lowest BCUT2D eigenvalue weighted by Crippen LogP contribution is -2.52. The van der Waals surface area contributed by atoms with Gasteiger partial charge in [-0.3, -0.25) is 33.6 Å². The number of rotatable bonds is 19. The first-order chi connectivity index (χ1) is 37.0. The Labute approximate surface area is 438 Å². The number of pyridine rings is 2. The Morgan fingerprint density at radius 2 is 1.53 bits per heavy atom. The molecule has 3 aliphatic rings. The minimum absolute atomic E-state index is 0.0275. The van der Waals surface area contributed by atoms with E-state index in [1.807, 2.05) is 0 Å². The highest BCUT2D eigenvalue weighted by molar-refractivity contribution is 5.95. The SMILES string of the molecule is CC[C@@]1(O)C(=O)OCc2c1cc1n(c2=O)Cc2c-1nc1cc(F)c(C)c3c1c2[C@@H](NC(=O)COCNC(=O)CNC(=O)[C@H](Cc1ccccc1)NC(=O)CNC(=O)CNC(=O)Cc1ccc(-c2nnc(C)nn2)cc1)CC3. The average Bonchev–Trinajstić information content (AvgIpc) is 4.00. The van der Waals surface area contributed by atoms with E-state index in [-0.39, 0.29) is 43.5 Å². The molecule has 1 aliphatic carbocycles. The monoisotopic (exact) mass is 1050 g/mol. The van der Waals surface area contributed by atoms with Crippen molar-refractivity contribution in [1.82, 2.24) is 61.8 Å². The van der Waals surface area contributed by atoms with E-state index in [2.05, 4.69) is 52.3 Å². The molecule has 9 rings (SSSR count). The highest BCUT2D eigenvalue weighted by Crippen LogP contribution is 2.46. The number of nitrogens with zero attached hydrogens (tertiary/aromatic N) is 6. The molecule has 77 heavy (non-hydrogen) atoms. The van der Waals surface area contributed by atoms with E-state index in [4.69, 9.17) is 14.5 Å². The minimum Gasteiger partial charge on any atom is -0.458 e. The zero-order chi connectivity index (χ0) is 54.5. The van der Waals surface area contributed by atoms with Crippen LogP contribution in [0.4, 0.5) is 4.39 Å². The van der Waals surface area contributed by atoms with Crippen LogP contribution in [0.25, 0.3) is 33.7 Å². The molecule has 3 atom stereocenters. The molecule has 0 saturated carbocycles. The molecule has 7 N–H and O–H groups in total. The fourth-order valence-corrected chi connectivity index (χ4v) is 9.70. The molecule has 398 valence electrons. The van der Waals surface area contributed by atoms with E-state index in [1.54, 1.807) is 81.4 Å². The Morgan fingerprint density at radius 1 is 0.831 bits per heavy atom. The topological polar surface area (TPSA) is 317 Å². The van der Waals surface area contributed by atoms with Gasteiger partial charge >= 0.3 is 5.97 Å². The summed E-state index contributed by atoms with van der Waals surface area (Å²) in [6, 6.07) is 16.7. The van der Waals surface area contributed by atoms with Crippen molar-refractivity contribution in [2.75, 3.05) is 33.0 Å². The molecule has 0 fully saturated rings. The van der Waals surface area contributed by atoms with Crippen molar-refractivity contribution in [2.45, 2.75) is 83.7 Å². The molecule has 6 amide bonds. The van der Waals surface area contributed by atoms with Gasteiger partial charge in [-0.1, -0.05) is 61.5 Å². The molecule has 5 heterocycles. The van der Waals surface area contributed by atoms with Crippen LogP contribution in [0.2, 0.25) is 0 Å². The van der Waals surface area contributed by atoms with E-state index in [9.17, 15) is 43.5 Å². The van der Waals surface area contributed by atoms with Gasteiger partial charge in [0.2, 0.25) is 41.3 Å². The van der Waals surface area contributed by atoms with E-state index in [0.29, 0.717) is 80.2 Å². The Morgan fingerprint density at radius 3 is 2.27 bits per heavy atom. The van der Waals surface area contributed by atoms with Crippen LogP contribution in [0.1, 0.15) is 76.1 Å². The fourth-order valence-electron chi connectivity index (χ4n) is 9.70. The lowest BCUT2D eigenvalue weighted by Gasteiger charge is -2.31. The number of aliphatic hydroxyl groups is 1. The smallest absolute Gasteiger partial charge is 0.343 e. The van der Waals surface area contributed by atoms with Crippen LogP contribution in [0, 0.1) is 19.7 Å². The van der Waals surface area contributed by atoms with Crippen molar-refractivity contribution in [3.63, 3.8) is 0 Å². The van der Waals surface area contributed by atoms with Crippen molar-refractivity contribution < 1.29 is 52.5 Å². The summed E-state index contributed by atoms with van der Waals surface area (Å²) in [6.45, 7) is 2.32. The Hall–Kier alpha value is -8.90. The Bertz CT molecular complexity index is 3410. The van der Waals surface area contributed by atoms with Crippen molar-refractivity contribution in [1.29, 1.82) is 0 Å². The zero-order valence-corrected chi connectivity index (χ0v) is 42.1. The summed E-state index contributed by atoms with van der Waals surface area (Å²) in [7, 11) is 0. The van der Waals surface area contributed by atoms with Crippen LogP contribution in [0.5, 0.6) is 0 Å². The molecule has 0 bridgehead atoms. The van der Waals surface area contributed by atoms with Gasteiger partial charge in [-0.25, -0.2) is 14.2 Å². The number of benzene rings is 3. The highest BCUT2D eigenvalue weighted by atomic mass is 19.1. The first-order valence-corrected chi connectivity index (χ1v) is 24.7. The van der Waals surface area contributed by atoms with Gasteiger partial charge in [-0.15, -0.1) is 20.4 Å². The molecule has 0 unspecified atom stereocenters. The largest absolute Gasteiger partial charge is 0.458 e. The number of carbonyl (C=O) groups excluding carboxylic acids is 7. The van der Waals surface area contributed by atoms with Gasteiger partial charge in [0.25, 0.3) is 5.56 Å². The van der Waals surface area contributed by atoms with Crippen LogP contribution >= 0.6 is 0 Å². The first-order valence-electron chi connectivity index (χ1n) is 24.7. The maximum Gasteiger partial charge on any atom is 0.343 e. The Balaban J connectivity index is 0.753. The number of hydrogen-bond acceptors (Lipinski definition) is 16. The third kappa shape index (κ3) is 11.4. The van der Waals surface area contributed by atoms with E-state index in [1.165, 1.54) is 10.6 Å². The molecule has 23 nitrogen and oxygen atoms in total. The third-order valence-electron chi connectivity index (χ3n) is 13.7. The number of amides is 6. The van der Waals surface area contributed by atoms with Gasteiger partial charge in [0.05, 0.1) is 61.1 Å². The number of aryl methyl sites for hydroxylation is 2. The Kier molecular flexibility index (Phi) is 15.5. The molecule has 3 aromatic heterocycles. The predicted molar refractivity (Wildman–Crippen MR) is 270 cm³/mol. The number of ether oxygens (including phenoxy) is 2. The summed E-state index contributed by atoms with van der Waals surface area (Å²) in [4.78, 5) is 109.